The number of aryl methyl sites for hydroxylation is 2. The Morgan fingerprint density at radius 3 is 2.96 bits per heavy atom. The van der Waals surface area contributed by atoms with E-state index in [1.165, 1.54) is 0 Å². The number of aromatic nitrogens is 4. The predicted molar refractivity (Wildman–Crippen MR) is 88.0 cm³/mol. The second-order valence-corrected chi connectivity index (χ2v) is 6.89. The van der Waals surface area contributed by atoms with E-state index in [1.807, 2.05) is 11.9 Å². The van der Waals surface area contributed by atoms with E-state index in [9.17, 15) is 4.79 Å². The molecule has 0 spiro atoms. The average Bonchev–Trinajstić information content (AvgIpc) is 3.28. The van der Waals surface area contributed by atoms with Crippen molar-refractivity contribution in [2.45, 2.75) is 38.0 Å². The number of hydrogen-bond donors (Lipinski definition) is 0. The second-order valence-electron chi connectivity index (χ2n) is 6.45. The highest BCUT2D eigenvalue weighted by Crippen LogP contribution is 2.35. The molecule has 0 N–H and O–H groups in total. The van der Waals surface area contributed by atoms with Crippen molar-refractivity contribution in [2.75, 3.05) is 13.7 Å². The number of carbonyl (C=O) groups is 1. The summed E-state index contributed by atoms with van der Waals surface area (Å²) in [5, 5.41) is 9.22. The molecule has 2 aromatic rings. The highest BCUT2D eigenvalue weighted by molar-refractivity contribution is 6.31. The summed E-state index contributed by atoms with van der Waals surface area (Å²) in [4.78, 5) is 14.9. The van der Waals surface area contributed by atoms with Crippen molar-refractivity contribution in [2.24, 2.45) is 7.05 Å². The fourth-order valence-corrected chi connectivity index (χ4v) is 3.99. The van der Waals surface area contributed by atoms with E-state index in [2.05, 4.69) is 14.8 Å². The maximum Gasteiger partial charge on any atom is 0.271 e. The zero-order valence-electron chi connectivity index (χ0n) is 13.8. The molecule has 0 saturated carbocycles. The largest absolute Gasteiger partial charge is 0.380 e. The number of ether oxygens (including phenoxy) is 1. The molecule has 1 amide bonds. The van der Waals surface area contributed by atoms with Crippen LogP contribution in [0.3, 0.4) is 0 Å². The van der Waals surface area contributed by atoms with Crippen LogP contribution in [-0.2, 0) is 24.8 Å². The molecule has 24 heavy (non-hydrogen) atoms. The lowest BCUT2D eigenvalue weighted by Crippen LogP contribution is -2.34. The van der Waals surface area contributed by atoms with Crippen molar-refractivity contribution in [1.82, 2.24) is 24.2 Å². The van der Waals surface area contributed by atoms with Crippen LogP contribution in [0.4, 0.5) is 0 Å². The van der Waals surface area contributed by atoms with Crippen LogP contribution in [0.2, 0.25) is 5.02 Å². The number of likely N-dealkylation sites (tertiary alicyclic amines) is 1. The molecule has 0 radical (unpaired) electrons. The Morgan fingerprint density at radius 2 is 2.25 bits per heavy atom. The van der Waals surface area contributed by atoms with E-state index in [4.69, 9.17) is 16.3 Å². The third kappa shape index (κ3) is 2.43. The number of methoxy groups -OCH3 is 1. The fourth-order valence-electron chi connectivity index (χ4n) is 3.74. The highest BCUT2D eigenvalue weighted by Gasteiger charge is 2.41. The van der Waals surface area contributed by atoms with Crippen LogP contribution in [0.25, 0.3) is 0 Å². The van der Waals surface area contributed by atoms with Gasteiger partial charge in [0.2, 0.25) is 0 Å². The molecule has 7 nitrogen and oxygen atoms in total. The van der Waals surface area contributed by atoms with Crippen LogP contribution in [0, 0.1) is 0 Å². The van der Waals surface area contributed by atoms with E-state index < -0.39 is 0 Å². The maximum atomic E-state index is 13.1. The van der Waals surface area contributed by atoms with Crippen molar-refractivity contribution < 1.29 is 9.53 Å². The lowest BCUT2D eigenvalue weighted by atomic mass is 10.2. The van der Waals surface area contributed by atoms with Crippen molar-refractivity contribution in [3.8, 4) is 0 Å². The van der Waals surface area contributed by atoms with Gasteiger partial charge in [0.1, 0.15) is 11.5 Å². The molecular formula is C16H20ClN5O2. The monoisotopic (exact) mass is 349 g/mol. The first-order valence-electron chi connectivity index (χ1n) is 8.16. The van der Waals surface area contributed by atoms with E-state index in [1.54, 1.807) is 23.9 Å². The number of halogens is 1. The first-order valence-corrected chi connectivity index (χ1v) is 8.54. The van der Waals surface area contributed by atoms with Gasteiger partial charge in [-0.2, -0.15) is 0 Å². The SMILES string of the molecule is CO[C@@H]1C[C@@H](c2nnc3n2CCC3)N(C(=O)c2cc(Cl)cn2C)C1. The quantitative estimate of drug-likeness (QED) is 0.847. The highest BCUT2D eigenvalue weighted by atomic mass is 35.5. The topological polar surface area (TPSA) is 65.2 Å². The normalized spacial score (nSPS) is 23.0. The smallest absolute Gasteiger partial charge is 0.271 e. The summed E-state index contributed by atoms with van der Waals surface area (Å²) in [7, 11) is 3.51. The van der Waals surface area contributed by atoms with E-state index in [-0.39, 0.29) is 18.1 Å². The minimum Gasteiger partial charge on any atom is -0.380 e. The zero-order valence-corrected chi connectivity index (χ0v) is 14.5. The lowest BCUT2D eigenvalue weighted by Gasteiger charge is -2.24. The number of amides is 1. The van der Waals surface area contributed by atoms with Crippen LogP contribution in [0.5, 0.6) is 0 Å². The van der Waals surface area contributed by atoms with Crippen molar-refractivity contribution in [3.63, 3.8) is 0 Å². The van der Waals surface area contributed by atoms with Gasteiger partial charge in [0.15, 0.2) is 5.82 Å². The van der Waals surface area contributed by atoms with Crippen LogP contribution < -0.4 is 0 Å². The van der Waals surface area contributed by atoms with Crippen LogP contribution >= 0.6 is 11.6 Å². The number of nitrogens with zero attached hydrogens (tertiary/aromatic N) is 5. The molecule has 2 aromatic heterocycles. The Balaban J connectivity index is 1.69. The molecule has 0 aliphatic carbocycles. The molecule has 0 bridgehead atoms. The second kappa shape index (κ2) is 5.89. The third-order valence-electron chi connectivity index (χ3n) is 4.98. The lowest BCUT2D eigenvalue weighted by molar-refractivity contribution is 0.0673. The molecule has 0 unspecified atom stereocenters. The maximum absolute atomic E-state index is 13.1. The first kappa shape index (κ1) is 15.7. The Morgan fingerprint density at radius 1 is 1.42 bits per heavy atom. The van der Waals surface area contributed by atoms with Crippen molar-refractivity contribution in [1.29, 1.82) is 0 Å². The van der Waals surface area contributed by atoms with Gasteiger partial charge in [0, 0.05) is 46.3 Å². The first-order chi connectivity index (χ1) is 11.6. The molecule has 0 aromatic carbocycles. The molecular weight excluding hydrogens is 330 g/mol. The van der Waals surface area contributed by atoms with Crippen molar-refractivity contribution in [3.05, 3.63) is 34.6 Å². The van der Waals surface area contributed by atoms with Crippen LogP contribution in [0.1, 0.15) is 41.0 Å². The summed E-state index contributed by atoms with van der Waals surface area (Å²) < 4.78 is 9.44. The van der Waals surface area contributed by atoms with Gasteiger partial charge >= 0.3 is 0 Å². The molecule has 1 fully saturated rings. The number of hydrogen-bond acceptors (Lipinski definition) is 4. The zero-order chi connectivity index (χ0) is 16.8. The summed E-state index contributed by atoms with van der Waals surface area (Å²) in [6.45, 7) is 1.47. The number of rotatable bonds is 3. The van der Waals surface area contributed by atoms with Crippen molar-refractivity contribution >= 4 is 17.5 Å². The Labute approximate surface area is 145 Å². The van der Waals surface area contributed by atoms with Gasteiger partial charge in [-0.1, -0.05) is 11.6 Å². The Kier molecular flexibility index (Phi) is 3.85. The van der Waals surface area contributed by atoms with Gasteiger partial charge in [0.05, 0.1) is 17.2 Å². The molecule has 128 valence electrons. The average molecular weight is 350 g/mol. The summed E-state index contributed by atoms with van der Waals surface area (Å²) in [5.41, 5.74) is 0.572. The minimum absolute atomic E-state index is 0.00374. The third-order valence-corrected chi connectivity index (χ3v) is 5.19. The van der Waals surface area contributed by atoms with E-state index in [0.717, 1.165) is 37.5 Å². The van der Waals surface area contributed by atoms with Gasteiger partial charge in [0.25, 0.3) is 5.91 Å². The summed E-state index contributed by atoms with van der Waals surface area (Å²) >= 11 is 6.04. The molecule has 2 atom stereocenters. The van der Waals surface area contributed by atoms with Gasteiger partial charge in [-0.25, -0.2) is 0 Å². The molecule has 1 saturated heterocycles. The fraction of sp³-hybridized carbons (Fsp3) is 0.562. The molecule has 2 aliphatic heterocycles. The standard InChI is InChI=1S/C16H20ClN5O2/c1-20-8-10(17)6-13(20)16(23)22-9-11(24-2)7-12(22)15-19-18-14-4-3-5-21(14)15/h6,8,11-12H,3-5,7,9H2,1-2H3/t11-,12+/m1/s1. The Bertz CT molecular complexity index is 784. The molecule has 4 rings (SSSR count). The Hall–Kier alpha value is -1.86. The minimum atomic E-state index is -0.115. The molecule has 4 heterocycles. The number of fused-ring (bicyclic) bond motifs is 1. The van der Waals surface area contributed by atoms with Crippen LogP contribution in [-0.4, -0.2) is 49.9 Å². The van der Waals surface area contributed by atoms with Crippen LogP contribution in [0.15, 0.2) is 12.3 Å². The molecule has 2 aliphatic rings. The summed E-state index contributed by atoms with van der Waals surface area (Å²) in [6, 6.07) is 1.59. The van der Waals surface area contributed by atoms with Gasteiger partial charge in [-0.3, -0.25) is 4.79 Å². The van der Waals surface area contributed by atoms with Gasteiger partial charge in [-0.15, -0.1) is 10.2 Å². The van der Waals surface area contributed by atoms with E-state index in [0.29, 0.717) is 17.3 Å². The van der Waals surface area contributed by atoms with Gasteiger partial charge in [-0.05, 0) is 12.5 Å². The predicted octanol–water partition coefficient (Wildman–Crippen LogP) is 1.82. The summed E-state index contributed by atoms with van der Waals surface area (Å²) in [5.74, 6) is 1.83. The van der Waals surface area contributed by atoms with E-state index >= 15 is 0 Å². The molecule has 8 heteroatoms. The summed E-state index contributed by atoms with van der Waals surface area (Å²) in [6.07, 6.45) is 4.51. The van der Waals surface area contributed by atoms with Gasteiger partial charge < -0.3 is 18.8 Å². The number of carbonyl (C=O) groups excluding carboxylic acids is 1.